The number of amides is 2. The number of piperidine rings is 1. The zero-order chi connectivity index (χ0) is 19.2. The van der Waals surface area contributed by atoms with Gasteiger partial charge < -0.3 is 10.6 Å². The fourth-order valence-corrected chi connectivity index (χ4v) is 3.14. The third kappa shape index (κ3) is 4.88. The molecule has 2 N–H and O–H groups in total. The van der Waals surface area contributed by atoms with Gasteiger partial charge in [0.05, 0.1) is 11.9 Å². The molecular formula is C18H25N7O2. The normalized spacial score (nSPS) is 17.5. The Morgan fingerprint density at radius 1 is 1.19 bits per heavy atom. The number of aromatic nitrogens is 4. The molecule has 0 radical (unpaired) electrons. The Labute approximate surface area is 158 Å². The highest BCUT2D eigenvalue weighted by Gasteiger charge is 2.20. The van der Waals surface area contributed by atoms with Crippen LogP contribution in [0.3, 0.4) is 0 Å². The van der Waals surface area contributed by atoms with Gasteiger partial charge in [-0.1, -0.05) is 6.42 Å². The molecule has 9 heteroatoms. The van der Waals surface area contributed by atoms with E-state index in [0.717, 1.165) is 18.8 Å². The van der Waals surface area contributed by atoms with E-state index in [1.54, 1.807) is 18.2 Å². The van der Waals surface area contributed by atoms with E-state index in [1.807, 2.05) is 6.92 Å². The summed E-state index contributed by atoms with van der Waals surface area (Å²) in [5.41, 5.74) is 0.777. The van der Waals surface area contributed by atoms with Gasteiger partial charge in [0.1, 0.15) is 5.82 Å². The van der Waals surface area contributed by atoms with Crippen molar-refractivity contribution in [2.24, 2.45) is 0 Å². The van der Waals surface area contributed by atoms with Crippen molar-refractivity contribution < 1.29 is 9.59 Å². The quantitative estimate of drug-likeness (QED) is 0.757. The van der Waals surface area contributed by atoms with Gasteiger partial charge in [-0.05, 0) is 45.4 Å². The second kappa shape index (κ2) is 8.72. The summed E-state index contributed by atoms with van der Waals surface area (Å²) in [5, 5.41) is 17.4. The topological polar surface area (TPSA) is 105 Å². The summed E-state index contributed by atoms with van der Waals surface area (Å²) in [4.78, 5) is 26.6. The molecule has 0 saturated carbocycles. The summed E-state index contributed by atoms with van der Waals surface area (Å²) < 4.78 is 1.42. The molecular weight excluding hydrogens is 346 g/mol. The Morgan fingerprint density at radius 3 is 2.78 bits per heavy atom. The first-order chi connectivity index (χ1) is 13.0. The molecule has 9 nitrogen and oxygen atoms in total. The number of hydrogen-bond donors (Lipinski definition) is 2. The number of aryl methyl sites for hydroxylation is 1. The zero-order valence-corrected chi connectivity index (χ0v) is 15.7. The van der Waals surface area contributed by atoms with E-state index in [1.165, 1.54) is 30.1 Å². The van der Waals surface area contributed by atoms with E-state index in [4.69, 9.17) is 0 Å². The maximum Gasteiger partial charge on any atom is 0.314 e. The minimum Gasteiger partial charge on any atom is -0.347 e. The van der Waals surface area contributed by atoms with Gasteiger partial charge >= 0.3 is 11.8 Å². The predicted molar refractivity (Wildman–Crippen MR) is 100 cm³/mol. The molecule has 1 aliphatic heterocycles. The molecule has 1 saturated heterocycles. The Bertz CT molecular complexity index is 787. The van der Waals surface area contributed by atoms with Crippen LogP contribution in [0.1, 0.15) is 31.9 Å². The SMILES string of the molecule is Cc1ccc(-n2nccc2NC(=O)C(=O)NCCN2CCCC[C@@H]2C)nn1. The van der Waals surface area contributed by atoms with Crippen molar-refractivity contribution in [2.45, 2.75) is 39.2 Å². The van der Waals surface area contributed by atoms with Gasteiger partial charge in [-0.3, -0.25) is 14.5 Å². The van der Waals surface area contributed by atoms with Crippen LogP contribution in [0.2, 0.25) is 0 Å². The van der Waals surface area contributed by atoms with Crippen LogP contribution in [0.5, 0.6) is 0 Å². The zero-order valence-electron chi connectivity index (χ0n) is 15.7. The Hall–Kier alpha value is -2.81. The maximum absolute atomic E-state index is 12.2. The smallest absolute Gasteiger partial charge is 0.314 e. The third-order valence-electron chi connectivity index (χ3n) is 4.72. The van der Waals surface area contributed by atoms with Crippen molar-refractivity contribution >= 4 is 17.6 Å². The fourth-order valence-electron chi connectivity index (χ4n) is 3.14. The molecule has 0 aliphatic carbocycles. The lowest BCUT2D eigenvalue weighted by atomic mass is 10.0. The van der Waals surface area contributed by atoms with Gasteiger partial charge in [0.25, 0.3) is 0 Å². The number of hydrogen-bond acceptors (Lipinski definition) is 6. The van der Waals surface area contributed by atoms with Crippen LogP contribution in [0.15, 0.2) is 24.4 Å². The van der Waals surface area contributed by atoms with Crippen LogP contribution >= 0.6 is 0 Å². The van der Waals surface area contributed by atoms with E-state index in [9.17, 15) is 9.59 Å². The molecule has 0 aromatic carbocycles. The summed E-state index contributed by atoms with van der Waals surface area (Å²) in [7, 11) is 0. The first-order valence-electron chi connectivity index (χ1n) is 9.22. The van der Waals surface area contributed by atoms with Crippen molar-refractivity contribution in [1.29, 1.82) is 0 Å². The molecule has 0 spiro atoms. The van der Waals surface area contributed by atoms with Crippen LogP contribution in [0.4, 0.5) is 5.82 Å². The van der Waals surface area contributed by atoms with Crippen molar-refractivity contribution in [2.75, 3.05) is 25.0 Å². The molecule has 1 aliphatic rings. The number of carbonyl (C=O) groups is 2. The summed E-state index contributed by atoms with van der Waals surface area (Å²) in [5.74, 6) is -0.579. The lowest BCUT2D eigenvalue weighted by Gasteiger charge is -2.33. The molecule has 0 unspecified atom stereocenters. The average molecular weight is 371 g/mol. The number of nitrogens with one attached hydrogen (secondary N) is 2. The summed E-state index contributed by atoms with van der Waals surface area (Å²) >= 11 is 0. The highest BCUT2D eigenvalue weighted by atomic mass is 16.2. The van der Waals surface area contributed by atoms with Crippen LogP contribution in [0, 0.1) is 6.92 Å². The second-order valence-electron chi connectivity index (χ2n) is 6.75. The summed E-state index contributed by atoms with van der Waals surface area (Å²) in [6.45, 7) is 6.26. The maximum atomic E-state index is 12.2. The number of rotatable bonds is 5. The van der Waals surface area contributed by atoms with Crippen LogP contribution in [-0.4, -0.2) is 62.4 Å². The van der Waals surface area contributed by atoms with Gasteiger partial charge in [-0.15, -0.1) is 5.10 Å². The molecule has 2 aromatic rings. The molecule has 3 rings (SSSR count). The average Bonchev–Trinajstić information content (AvgIpc) is 3.12. The molecule has 1 fully saturated rings. The molecule has 2 amide bonds. The Morgan fingerprint density at radius 2 is 2.04 bits per heavy atom. The predicted octanol–water partition coefficient (Wildman–Crippen LogP) is 0.900. The van der Waals surface area contributed by atoms with Gasteiger partial charge in [0, 0.05) is 25.2 Å². The van der Waals surface area contributed by atoms with E-state index in [-0.39, 0.29) is 0 Å². The van der Waals surface area contributed by atoms with E-state index in [2.05, 4.69) is 37.8 Å². The molecule has 144 valence electrons. The minimum atomic E-state index is -0.733. The standard InChI is InChI=1S/C18H25N7O2/c1-13-6-7-16(23-22-13)25-15(8-9-20-25)21-18(27)17(26)19-10-12-24-11-4-3-5-14(24)2/h6-9,14H,3-5,10-12H2,1-2H3,(H,19,26)(H,21,27)/t14-/m0/s1. The highest BCUT2D eigenvalue weighted by molar-refractivity contribution is 6.39. The fraction of sp³-hybridized carbons (Fsp3) is 0.500. The minimum absolute atomic E-state index is 0.359. The van der Waals surface area contributed by atoms with Gasteiger partial charge in [0.2, 0.25) is 0 Å². The first-order valence-corrected chi connectivity index (χ1v) is 9.22. The Kier molecular flexibility index (Phi) is 6.12. The van der Waals surface area contributed by atoms with Crippen LogP contribution in [-0.2, 0) is 9.59 Å². The van der Waals surface area contributed by atoms with Crippen molar-refractivity contribution in [3.8, 4) is 5.82 Å². The molecule has 1 atom stereocenters. The van der Waals surface area contributed by atoms with Gasteiger partial charge in [-0.25, -0.2) is 0 Å². The lowest BCUT2D eigenvalue weighted by Crippen LogP contribution is -2.44. The third-order valence-corrected chi connectivity index (χ3v) is 4.72. The number of likely N-dealkylation sites (tertiary alicyclic amines) is 1. The van der Waals surface area contributed by atoms with Crippen molar-refractivity contribution in [3.05, 3.63) is 30.1 Å². The van der Waals surface area contributed by atoms with E-state index in [0.29, 0.717) is 24.2 Å². The largest absolute Gasteiger partial charge is 0.347 e. The number of carbonyl (C=O) groups excluding carboxylic acids is 2. The lowest BCUT2D eigenvalue weighted by molar-refractivity contribution is -0.136. The highest BCUT2D eigenvalue weighted by Crippen LogP contribution is 2.15. The first kappa shape index (κ1) is 19.0. The van der Waals surface area contributed by atoms with Crippen molar-refractivity contribution in [1.82, 2.24) is 30.2 Å². The summed E-state index contributed by atoms with van der Waals surface area (Å²) in [6.07, 6.45) is 5.14. The van der Waals surface area contributed by atoms with Crippen molar-refractivity contribution in [3.63, 3.8) is 0 Å². The molecule has 0 bridgehead atoms. The van der Waals surface area contributed by atoms with Crippen LogP contribution in [0.25, 0.3) is 5.82 Å². The number of nitrogens with zero attached hydrogens (tertiary/aromatic N) is 5. The van der Waals surface area contributed by atoms with Gasteiger partial charge in [0.15, 0.2) is 5.82 Å². The van der Waals surface area contributed by atoms with Crippen LogP contribution < -0.4 is 10.6 Å². The Balaban J connectivity index is 1.52. The second-order valence-corrected chi connectivity index (χ2v) is 6.75. The number of anilines is 1. The molecule has 27 heavy (non-hydrogen) atoms. The van der Waals surface area contributed by atoms with E-state index >= 15 is 0 Å². The van der Waals surface area contributed by atoms with Gasteiger partial charge in [-0.2, -0.15) is 14.9 Å². The summed E-state index contributed by atoms with van der Waals surface area (Å²) in [6, 6.07) is 5.66. The monoisotopic (exact) mass is 371 g/mol. The molecule has 2 aromatic heterocycles. The van der Waals surface area contributed by atoms with E-state index < -0.39 is 11.8 Å². The molecule has 3 heterocycles.